The van der Waals surface area contributed by atoms with E-state index < -0.39 is 0 Å². The number of amides is 1. The predicted octanol–water partition coefficient (Wildman–Crippen LogP) is 3.27. The molecule has 0 spiro atoms. The van der Waals surface area contributed by atoms with Crippen molar-refractivity contribution in [2.75, 3.05) is 12.4 Å². The molecule has 0 bridgehead atoms. The number of para-hydroxylation sites is 3. The van der Waals surface area contributed by atoms with E-state index in [4.69, 9.17) is 4.74 Å². The molecule has 2 N–H and O–H groups in total. The van der Waals surface area contributed by atoms with Crippen LogP contribution in [0.3, 0.4) is 0 Å². The Morgan fingerprint density at radius 2 is 1.96 bits per heavy atom. The molecule has 0 aliphatic carbocycles. The van der Waals surface area contributed by atoms with E-state index in [1.165, 1.54) is 18.4 Å². The zero-order chi connectivity index (χ0) is 17.9. The van der Waals surface area contributed by atoms with Crippen LogP contribution in [0.15, 0.2) is 48.5 Å². The monoisotopic (exact) mass is 365 g/mol. The maximum atomic E-state index is 12.4. The molecule has 8 heteroatoms. The van der Waals surface area contributed by atoms with Crippen LogP contribution in [0.2, 0.25) is 0 Å². The number of methoxy groups -OCH3 is 1. The number of ether oxygens (including phenoxy) is 1. The number of H-pyrrole nitrogens is 1. The average Bonchev–Trinajstić information content (AvgIpc) is 3.27. The molecule has 2 heterocycles. The molecule has 0 saturated carbocycles. The van der Waals surface area contributed by atoms with Crippen LogP contribution in [0, 0.1) is 0 Å². The third kappa shape index (κ3) is 3.27. The summed E-state index contributed by atoms with van der Waals surface area (Å²) >= 11 is 1.32. The lowest BCUT2D eigenvalue weighted by atomic mass is 10.2. The number of carbonyl (C=O) groups excluding carboxylic acids is 1. The van der Waals surface area contributed by atoms with Crippen molar-refractivity contribution in [3.05, 3.63) is 64.9 Å². The Kier molecular flexibility index (Phi) is 4.32. The molecular weight excluding hydrogens is 350 g/mol. The van der Waals surface area contributed by atoms with Crippen molar-refractivity contribution < 1.29 is 9.53 Å². The summed E-state index contributed by atoms with van der Waals surface area (Å²) in [5.74, 6) is 1.04. The molecule has 4 aromatic rings. The van der Waals surface area contributed by atoms with Gasteiger partial charge in [-0.3, -0.25) is 10.1 Å². The number of hydrogen-bond donors (Lipinski definition) is 2. The summed E-state index contributed by atoms with van der Waals surface area (Å²) in [6.07, 6.45) is 0.525. The lowest BCUT2D eigenvalue weighted by Gasteiger charge is -2.06. The van der Waals surface area contributed by atoms with Gasteiger partial charge in [0.1, 0.15) is 16.6 Å². The third-order valence-corrected chi connectivity index (χ3v) is 4.63. The maximum absolute atomic E-state index is 12.4. The van der Waals surface area contributed by atoms with Crippen molar-refractivity contribution in [3.63, 3.8) is 0 Å². The van der Waals surface area contributed by atoms with Crippen molar-refractivity contribution in [2.45, 2.75) is 6.42 Å². The average molecular weight is 365 g/mol. The van der Waals surface area contributed by atoms with E-state index in [9.17, 15) is 4.79 Å². The van der Waals surface area contributed by atoms with Gasteiger partial charge in [-0.25, -0.2) is 4.98 Å². The molecule has 0 aliphatic rings. The molecule has 0 saturated heterocycles. The third-order valence-electron chi connectivity index (χ3n) is 3.80. The molecule has 130 valence electrons. The Balaban J connectivity index is 1.48. The number of hydrogen-bond acceptors (Lipinski definition) is 6. The van der Waals surface area contributed by atoms with E-state index in [0.717, 1.165) is 21.9 Å². The van der Waals surface area contributed by atoms with Crippen LogP contribution in [0.5, 0.6) is 5.75 Å². The Hall–Kier alpha value is -3.26. The fourth-order valence-corrected chi connectivity index (χ4v) is 3.34. The maximum Gasteiger partial charge on any atom is 0.261 e. The van der Waals surface area contributed by atoms with Gasteiger partial charge in [-0.1, -0.05) is 35.6 Å². The first-order valence-corrected chi connectivity index (χ1v) is 8.75. The van der Waals surface area contributed by atoms with Gasteiger partial charge in [0.2, 0.25) is 5.13 Å². The Labute approximate surface area is 153 Å². The number of benzene rings is 2. The van der Waals surface area contributed by atoms with E-state index in [1.807, 2.05) is 30.3 Å². The Bertz CT molecular complexity index is 1040. The number of anilines is 1. The van der Waals surface area contributed by atoms with E-state index in [2.05, 4.69) is 25.5 Å². The predicted molar refractivity (Wildman–Crippen MR) is 99.8 cm³/mol. The van der Waals surface area contributed by atoms with Crippen LogP contribution in [0.1, 0.15) is 21.2 Å². The van der Waals surface area contributed by atoms with Gasteiger partial charge in [0.15, 0.2) is 0 Å². The summed E-state index contributed by atoms with van der Waals surface area (Å²) in [6.45, 7) is 0. The highest BCUT2D eigenvalue weighted by atomic mass is 32.1. The zero-order valence-corrected chi connectivity index (χ0v) is 14.7. The fraction of sp³-hybridized carbons (Fsp3) is 0.111. The molecule has 2 aromatic heterocycles. The van der Waals surface area contributed by atoms with Crippen LogP contribution in [0.4, 0.5) is 5.13 Å². The summed E-state index contributed by atoms with van der Waals surface area (Å²) in [5.41, 5.74) is 2.34. The van der Waals surface area contributed by atoms with Gasteiger partial charge >= 0.3 is 0 Å². The number of fused-ring (bicyclic) bond motifs is 1. The lowest BCUT2D eigenvalue weighted by molar-refractivity contribution is 0.102. The first-order chi connectivity index (χ1) is 12.7. The summed E-state index contributed by atoms with van der Waals surface area (Å²) in [7, 11) is 1.53. The van der Waals surface area contributed by atoms with Gasteiger partial charge in [0.05, 0.1) is 30.1 Å². The number of nitrogens with zero attached hydrogens (tertiary/aromatic N) is 3. The van der Waals surface area contributed by atoms with E-state index in [1.54, 1.807) is 18.2 Å². The minimum Gasteiger partial charge on any atom is -0.496 e. The van der Waals surface area contributed by atoms with Gasteiger partial charge in [-0.15, -0.1) is 10.2 Å². The number of imidazole rings is 1. The molecule has 0 fully saturated rings. The topological polar surface area (TPSA) is 92.8 Å². The summed E-state index contributed by atoms with van der Waals surface area (Å²) in [5, 5.41) is 12.1. The molecular formula is C18H15N5O2S. The van der Waals surface area contributed by atoms with E-state index in [-0.39, 0.29) is 5.91 Å². The first-order valence-electron chi connectivity index (χ1n) is 7.93. The molecule has 0 aliphatic heterocycles. The Morgan fingerprint density at radius 3 is 2.81 bits per heavy atom. The number of aromatic nitrogens is 4. The smallest absolute Gasteiger partial charge is 0.261 e. The fourth-order valence-electron chi connectivity index (χ4n) is 2.60. The highest BCUT2D eigenvalue weighted by molar-refractivity contribution is 7.15. The Morgan fingerprint density at radius 1 is 1.15 bits per heavy atom. The van der Waals surface area contributed by atoms with Gasteiger partial charge in [-0.05, 0) is 24.3 Å². The van der Waals surface area contributed by atoms with Crippen molar-refractivity contribution >= 4 is 33.4 Å². The standard InChI is InChI=1S/C18H15N5O2S/c1-25-14-9-5-2-6-11(14)17(24)21-18-23-22-16(26-18)10-15-19-12-7-3-4-8-13(12)20-15/h2-9H,10H2,1H3,(H,19,20)(H,21,23,24). The minimum atomic E-state index is -0.283. The van der Waals surface area contributed by atoms with Gasteiger partial charge in [0.25, 0.3) is 5.91 Å². The number of nitrogens with one attached hydrogen (secondary N) is 2. The van der Waals surface area contributed by atoms with Crippen LogP contribution in [-0.4, -0.2) is 33.2 Å². The van der Waals surface area contributed by atoms with Crippen molar-refractivity contribution in [3.8, 4) is 5.75 Å². The normalized spacial score (nSPS) is 10.8. The molecule has 26 heavy (non-hydrogen) atoms. The van der Waals surface area contributed by atoms with Gasteiger partial charge < -0.3 is 9.72 Å². The second-order valence-electron chi connectivity index (χ2n) is 5.53. The van der Waals surface area contributed by atoms with Gasteiger partial charge in [-0.2, -0.15) is 0 Å². The van der Waals surface area contributed by atoms with E-state index in [0.29, 0.717) is 22.9 Å². The highest BCUT2D eigenvalue weighted by Gasteiger charge is 2.15. The molecule has 0 radical (unpaired) electrons. The number of carbonyl (C=O) groups is 1. The summed E-state index contributed by atoms with van der Waals surface area (Å²) in [4.78, 5) is 20.2. The zero-order valence-electron chi connectivity index (χ0n) is 13.9. The number of rotatable bonds is 5. The van der Waals surface area contributed by atoms with Gasteiger partial charge in [0, 0.05) is 0 Å². The van der Waals surface area contributed by atoms with Crippen LogP contribution < -0.4 is 10.1 Å². The molecule has 0 atom stereocenters. The SMILES string of the molecule is COc1ccccc1C(=O)Nc1nnc(Cc2nc3ccccc3[nH]2)s1. The van der Waals surface area contributed by atoms with Crippen LogP contribution in [0.25, 0.3) is 11.0 Å². The number of aromatic amines is 1. The van der Waals surface area contributed by atoms with Crippen molar-refractivity contribution in [1.82, 2.24) is 20.2 Å². The van der Waals surface area contributed by atoms with Crippen LogP contribution in [-0.2, 0) is 6.42 Å². The molecule has 7 nitrogen and oxygen atoms in total. The molecule has 1 amide bonds. The lowest BCUT2D eigenvalue weighted by Crippen LogP contribution is -2.12. The summed E-state index contributed by atoms with van der Waals surface area (Å²) in [6, 6.07) is 14.9. The first kappa shape index (κ1) is 16.2. The quantitative estimate of drug-likeness (QED) is 0.566. The van der Waals surface area contributed by atoms with Crippen molar-refractivity contribution in [1.29, 1.82) is 0 Å². The summed E-state index contributed by atoms with van der Waals surface area (Å²) < 4.78 is 5.21. The molecule has 4 rings (SSSR count). The second kappa shape index (κ2) is 6.93. The second-order valence-corrected chi connectivity index (χ2v) is 6.59. The highest BCUT2D eigenvalue weighted by Crippen LogP contribution is 2.22. The minimum absolute atomic E-state index is 0.283. The van der Waals surface area contributed by atoms with E-state index >= 15 is 0 Å². The molecule has 0 unspecified atom stereocenters. The van der Waals surface area contributed by atoms with Crippen LogP contribution >= 0.6 is 11.3 Å². The van der Waals surface area contributed by atoms with Crippen molar-refractivity contribution in [2.24, 2.45) is 0 Å². The molecule has 2 aromatic carbocycles. The largest absolute Gasteiger partial charge is 0.496 e.